The number of H-pyrrole nitrogens is 1. The van der Waals surface area contributed by atoms with Gasteiger partial charge in [0.2, 0.25) is 5.91 Å². The first-order valence-electron chi connectivity index (χ1n) is 8.23. The van der Waals surface area contributed by atoms with Crippen LogP contribution in [0.3, 0.4) is 0 Å². The van der Waals surface area contributed by atoms with Crippen LogP contribution in [0.5, 0.6) is 0 Å². The van der Waals surface area contributed by atoms with Gasteiger partial charge in [0.05, 0.1) is 0 Å². The van der Waals surface area contributed by atoms with E-state index in [1.54, 1.807) is 0 Å². The average molecular weight is 336 g/mol. The van der Waals surface area contributed by atoms with E-state index in [9.17, 15) is 9.59 Å². The molecule has 2 N–H and O–H groups in total. The molecule has 0 aliphatic heterocycles. The van der Waals surface area contributed by atoms with Gasteiger partial charge in [0.15, 0.2) is 0 Å². The standard InChI is InChI=1S/C20H20N2O3/c23-19(11-10-16-12-21-18-9-5-4-8-17(16)18)22-13-20(24)25-14-15-6-2-1-3-7-15/h1-9,12,21H,10-11,13-14H2,(H,22,23). The Morgan fingerprint density at radius 1 is 1.00 bits per heavy atom. The summed E-state index contributed by atoms with van der Waals surface area (Å²) in [6.45, 7) is 0.102. The number of amides is 1. The number of ether oxygens (including phenoxy) is 1. The van der Waals surface area contributed by atoms with Crippen LogP contribution in [0.2, 0.25) is 0 Å². The van der Waals surface area contributed by atoms with E-state index in [0.29, 0.717) is 12.8 Å². The quantitative estimate of drug-likeness (QED) is 0.652. The van der Waals surface area contributed by atoms with Crippen LogP contribution >= 0.6 is 0 Å². The first kappa shape index (κ1) is 16.8. The molecule has 1 amide bonds. The van der Waals surface area contributed by atoms with Gasteiger partial charge in [-0.1, -0.05) is 48.5 Å². The van der Waals surface area contributed by atoms with Gasteiger partial charge < -0.3 is 15.0 Å². The lowest BCUT2D eigenvalue weighted by Gasteiger charge is -2.06. The van der Waals surface area contributed by atoms with Gasteiger partial charge in [0, 0.05) is 23.5 Å². The van der Waals surface area contributed by atoms with Gasteiger partial charge in [-0.05, 0) is 23.6 Å². The van der Waals surface area contributed by atoms with Gasteiger partial charge >= 0.3 is 5.97 Å². The zero-order valence-electron chi connectivity index (χ0n) is 13.8. The van der Waals surface area contributed by atoms with Gasteiger partial charge in [-0.3, -0.25) is 9.59 Å². The molecule has 3 aromatic rings. The molecule has 25 heavy (non-hydrogen) atoms. The highest BCUT2D eigenvalue weighted by atomic mass is 16.5. The first-order chi connectivity index (χ1) is 12.2. The van der Waals surface area contributed by atoms with Gasteiger partial charge in [0.1, 0.15) is 13.2 Å². The zero-order chi connectivity index (χ0) is 17.5. The molecule has 0 radical (unpaired) electrons. The van der Waals surface area contributed by atoms with Crippen LogP contribution in [0.1, 0.15) is 17.5 Å². The summed E-state index contributed by atoms with van der Waals surface area (Å²) in [5.41, 5.74) is 3.07. The minimum Gasteiger partial charge on any atom is -0.460 e. The molecule has 0 atom stereocenters. The van der Waals surface area contributed by atoms with Crippen molar-refractivity contribution in [3.8, 4) is 0 Å². The maximum Gasteiger partial charge on any atom is 0.325 e. The summed E-state index contributed by atoms with van der Waals surface area (Å²) in [4.78, 5) is 26.8. The fourth-order valence-electron chi connectivity index (χ4n) is 2.63. The third kappa shape index (κ3) is 4.70. The lowest BCUT2D eigenvalue weighted by atomic mass is 10.1. The smallest absolute Gasteiger partial charge is 0.325 e. The van der Waals surface area contributed by atoms with Gasteiger partial charge in [-0.25, -0.2) is 0 Å². The number of aryl methyl sites for hydroxylation is 1. The van der Waals surface area contributed by atoms with Crippen molar-refractivity contribution in [3.63, 3.8) is 0 Å². The molecular formula is C20H20N2O3. The lowest BCUT2D eigenvalue weighted by molar-refractivity contribution is -0.145. The van der Waals surface area contributed by atoms with Crippen molar-refractivity contribution in [3.05, 3.63) is 71.9 Å². The van der Waals surface area contributed by atoms with E-state index in [2.05, 4.69) is 10.3 Å². The molecular weight excluding hydrogens is 316 g/mol. The number of nitrogens with one attached hydrogen (secondary N) is 2. The van der Waals surface area contributed by atoms with Crippen molar-refractivity contribution in [1.29, 1.82) is 0 Å². The molecule has 0 fully saturated rings. The number of carbonyl (C=O) groups excluding carboxylic acids is 2. The van der Waals surface area contributed by atoms with Crippen molar-refractivity contribution in [2.45, 2.75) is 19.4 Å². The van der Waals surface area contributed by atoms with E-state index in [1.807, 2.05) is 60.8 Å². The van der Waals surface area contributed by atoms with Crippen LogP contribution in [-0.4, -0.2) is 23.4 Å². The first-order valence-corrected chi connectivity index (χ1v) is 8.23. The van der Waals surface area contributed by atoms with E-state index >= 15 is 0 Å². The second-order valence-electron chi connectivity index (χ2n) is 5.78. The predicted molar refractivity (Wildman–Crippen MR) is 95.9 cm³/mol. The third-order valence-electron chi connectivity index (χ3n) is 3.97. The number of aromatic amines is 1. The maximum atomic E-state index is 11.9. The number of carbonyl (C=O) groups is 2. The molecule has 0 aliphatic rings. The fourth-order valence-corrected chi connectivity index (χ4v) is 2.63. The van der Waals surface area contributed by atoms with E-state index < -0.39 is 5.97 Å². The minimum atomic E-state index is -0.440. The summed E-state index contributed by atoms with van der Waals surface area (Å²) in [6.07, 6.45) is 2.87. The molecule has 0 saturated carbocycles. The number of rotatable bonds is 7. The van der Waals surface area contributed by atoms with Gasteiger partial charge in [-0.2, -0.15) is 0 Å². The van der Waals surface area contributed by atoms with Crippen LogP contribution in [-0.2, 0) is 27.4 Å². The van der Waals surface area contributed by atoms with E-state index in [4.69, 9.17) is 4.74 Å². The zero-order valence-corrected chi connectivity index (χ0v) is 13.8. The molecule has 5 nitrogen and oxygen atoms in total. The molecule has 2 aromatic carbocycles. The molecule has 1 heterocycles. The Kier molecular flexibility index (Phi) is 5.46. The molecule has 0 saturated heterocycles. The predicted octanol–water partition coefficient (Wildman–Crippen LogP) is 2.96. The highest BCUT2D eigenvalue weighted by molar-refractivity contribution is 5.85. The Morgan fingerprint density at radius 3 is 2.60 bits per heavy atom. The summed E-state index contributed by atoms with van der Waals surface area (Å²) in [6, 6.07) is 17.4. The van der Waals surface area contributed by atoms with E-state index in [1.165, 1.54) is 0 Å². The number of para-hydroxylation sites is 1. The fraction of sp³-hybridized carbons (Fsp3) is 0.200. The topological polar surface area (TPSA) is 71.2 Å². The molecule has 0 aliphatic carbocycles. The van der Waals surface area contributed by atoms with Crippen LogP contribution in [0.25, 0.3) is 10.9 Å². The van der Waals surface area contributed by atoms with Crippen molar-refractivity contribution in [2.75, 3.05) is 6.54 Å². The molecule has 1 aromatic heterocycles. The lowest BCUT2D eigenvalue weighted by Crippen LogP contribution is -2.30. The summed E-state index contributed by atoms with van der Waals surface area (Å²) < 4.78 is 5.13. The summed E-state index contributed by atoms with van der Waals surface area (Å²) in [5.74, 6) is -0.605. The Balaban J connectivity index is 1.40. The SMILES string of the molecule is O=C(CCc1c[nH]c2ccccc12)NCC(=O)OCc1ccccc1. The number of aromatic nitrogens is 1. The number of benzene rings is 2. The molecule has 3 rings (SSSR count). The third-order valence-corrected chi connectivity index (χ3v) is 3.97. The monoisotopic (exact) mass is 336 g/mol. The molecule has 0 spiro atoms. The Morgan fingerprint density at radius 2 is 1.76 bits per heavy atom. The highest BCUT2D eigenvalue weighted by Crippen LogP contribution is 2.18. The second kappa shape index (κ2) is 8.15. The average Bonchev–Trinajstić information content (AvgIpc) is 3.07. The number of hydrogen-bond acceptors (Lipinski definition) is 3. The summed E-state index contributed by atoms with van der Waals surface area (Å²) in [5, 5.41) is 3.73. The van der Waals surface area contributed by atoms with Crippen molar-refractivity contribution < 1.29 is 14.3 Å². The largest absolute Gasteiger partial charge is 0.460 e. The normalized spacial score (nSPS) is 10.6. The summed E-state index contributed by atoms with van der Waals surface area (Å²) >= 11 is 0. The Bertz CT molecular complexity index is 856. The maximum absolute atomic E-state index is 11.9. The summed E-state index contributed by atoms with van der Waals surface area (Å²) in [7, 11) is 0. The van der Waals surface area contributed by atoms with E-state index in [0.717, 1.165) is 22.0 Å². The van der Waals surface area contributed by atoms with Crippen molar-refractivity contribution in [1.82, 2.24) is 10.3 Å². The minimum absolute atomic E-state index is 0.112. The van der Waals surface area contributed by atoms with Crippen molar-refractivity contribution >= 4 is 22.8 Å². The second-order valence-corrected chi connectivity index (χ2v) is 5.78. The highest BCUT2D eigenvalue weighted by Gasteiger charge is 2.09. The molecule has 128 valence electrons. The number of hydrogen-bond donors (Lipinski definition) is 2. The van der Waals surface area contributed by atoms with Crippen LogP contribution in [0.4, 0.5) is 0 Å². The number of esters is 1. The van der Waals surface area contributed by atoms with Gasteiger partial charge in [-0.15, -0.1) is 0 Å². The Hall–Kier alpha value is -3.08. The van der Waals surface area contributed by atoms with E-state index in [-0.39, 0.29) is 19.1 Å². The number of fused-ring (bicyclic) bond motifs is 1. The van der Waals surface area contributed by atoms with Gasteiger partial charge in [0.25, 0.3) is 0 Å². The Labute approximate surface area is 146 Å². The molecule has 0 bridgehead atoms. The van der Waals surface area contributed by atoms with Crippen molar-refractivity contribution in [2.24, 2.45) is 0 Å². The van der Waals surface area contributed by atoms with Crippen LogP contribution < -0.4 is 5.32 Å². The molecule has 0 unspecified atom stereocenters. The van der Waals surface area contributed by atoms with Crippen LogP contribution in [0.15, 0.2) is 60.8 Å². The molecule has 5 heteroatoms. The van der Waals surface area contributed by atoms with Crippen LogP contribution in [0, 0.1) is 0 Å².